The number of hydrogen-bond donors (Lipinski definition) is 3. The van der Waals surface area contributed by atoms with Gasteiger partial charge in [-0.25, -0.2) is 4.98 Å². The predicted molar refractivity (Wildman–Crippen MR) is 111 cm³/mol. The van der Waals surface area contributed by atoms with E-state index in [9.17, 15) is 10.2 Å². The first-order valence-electron chi connectivity index (χ1n) is 10.2. The third-order valence-corrected chi connectivity index (χ3v) is 7.26. The van der Waals surface area contributed by atoms with Crippen LogP contribution in [-0.4, -0.2) is 65.7 Å². The summed E-state index contributed by atoms with van der Waals surface area (Å²) in [6, 6.07) is 0.195. The number of hydrogen-bond acceptors (Lipinski definition) is 9. The summed E-state index contributed by atoms with van der Waals surface area (Å²) in [5.41, 5.74) is 6.89. The topological polar surface area (TPSA) is 129 Å². The van der Waals surface area contributed by atoms with Crippen molar-refractivity contribution in [1.29, 1.82) is 0 Å². The molecule has 0 spiro atoms. The van der Waals surface area contributed by atoms with E-state index in [1.807, 2.05) is 0 Å². The van der Waals surface area contributed by atoms with Crippen LogP contribution in [0, 0.1) is 5.92 Å². The molecule has 0 bridgehead atoms. The maximum atomic E-state index is 10.6. The molecule has 3 heterocycles. The molecule has 1 unspecified atom stereocenters. The fourth-order valence-corrected chi connectivity index (χ4v) is 4.52. The van der Waals surface area contributed by atoms with Crippen LogP contribution in [0.2, 0.25) is 0 Å². The highest BCUT2D eigenvalue weighted by Crippen LogP contribution is 2.35. The number of thioether (sulfide) groups is 1. The summed E-state index contributed by atoms with van der Waals surface area (Å²) < 4.78 is 13.3. The van der Waals surface area contributed by atoms with Crippen LogP contribution >= 0.6 is 11.8 Å². The van der Waals surface area contributed by atoms with E-state index in [1.54, 1.807) is 16.3 Å². The molecule has 1 aliphatic carbocycles. The number of nitrogens with zero attached hydrogens (tertiary/aromatic N) is 4. The van der Waals surface area contributed by atoms with Gasteiger partial charge in [0.2, 0.25) is 0 Å². The summed E-state index contributed by atoms with van der Waals surface area (Å²) in [4.78, 5) is 12.9. The van der Waals surface area contributed by atoms with Crippen LogP contribution in [0.4, 0.5) is 5.82 Å². The van der Waals surface area contributed by atoms with Gasteiger partial charge in [0, 0.05) is 11.0 Å². The largest absolute Gasteiger partial charge is 0.463 e. The van der Waals surface area contributed by atoms with Crippen molar-refractivity contribution in [1.82, 2.24) is 19.5 Å². The Kier molecular flexibility index (Phi) is 6.14. The number of rotatable bonds is 8. The lowest BCUT2D eigenvalue weighted by Gasteiger charge is -2.24. The molecule has 1 saturated carbocycles. The van der Waals surface area contributed by atoms with Crippen LogP contribution in [0.3, 0.4) is 0 Å². The first kappa shape index (κ1) is 20.6. The minimum Gasteiger partial charge on any atom is -0.463 e. The van der Waals surface area contributed by atoms with Crippen molar-refractivity contribution in [2.45, 2.75) is 69.3 Å². The SMILES string of the molecule is CCC(C)SC[C@H]1O[C@@H](n2cnc3c(N)nc(OCC4CCC4)nc32)[C@H](O)[C@@H]1O. The van der Waals surface area contributed by atoms with E-state index < -0.39 is 24.5 Å². The summed E-state index contributed by atoms with van der Waals surface area (Å²) in [6.45, 7) is 4.82. The van der Waals surface area contributed by atoms with Crippen LogP contribution in [0.1, 0.15) is 45.8 Å². The van der Waals surface area contributed by atoms with Gasteiger partial charge in [-0.1, -0.05) is 20.3 Å². The zero-order valence-electron chi connectivity index (χ0n) is 16.8. The van der Waals surface area contributed by atoms with Gasteiger partial charge in [-0.15, -0.1) is 0 Å². The summed E-state index contributed by atoms with van der Waals surface area (Å²) in [5.74, 6) is 1.36. The lowest BCUT2D eigenvalue weighted by atomic mass is 9.86. The second-order valence-corrected chi connectivity index (χ2v) is 9.39. The van der Waals surface area contributed by atoms with Crippen molar-refractivity contribution < 1.29 is 19.7 Å². The predicted octanol–water partition coefficient (Wildman–Crippen LogP) is 1.74. The minimum absolute atomic E-state index is 0.195. The van der Waals surface area contributed by atoms with E-state index in [0.29, 0.717) is 34.7 Å². The number of nitrogens with two attached hydrogens (primary N) is 1. The minimum atomic E-state index is -1.09. The van der Waals surface area contributed by atoms with Gasteiger partial charge >= 0.3 is 6.01 Å². The highest BCUT2D eigenvalue weighted by Gasteiger charge is 2.44. The fraction of sp³-hybridized carbons (Fsp3) is 0.737. The highest BCUT2D eigenvalue weighted by atomic mass is 32.2. The van der Waals surface area contributed by atoms with Gasteiger partial charge < -0.3 is 25.4 Å². The fourth-order valence-electron chi connectivity index (χ4n) is 3.49. The Labute approximate surface area is 174 Å². The summed E-state index contributed by atoms with van der Waals surface area (Å²) in [6.07, 6.45) is 2.75. The van der Waals surface area contributed by atoms with Crippen molar-refractivity contribution >= 4 is 28.7 Å². The number of imidazole rings is 1. The molecule has 160 valence electrons. The number of nitrogen functional groups attached to an aromatic ring is 1. The first-order valence-corrected chi connectivity index (χ1v) is 11.3. The van der Waals surface area contributed by atoms with E-state index in [4.69, 9.17) is 15.2 Å². The van der Waals surface area contributed by atoms with Gasteiger partial charge in [0.15, 0.2) is 23.2 Å². The monoisotopic (exact) mass is 423 g/mol. The third-order valence-electron chi connectivity index (χ3n) is 5.83. The van der Waals surface area contributed by atoms with Crippen molar-refractivity contribution in [3.8, 4) is 6.01 Å². The van der Waals surface area contributed by atoms with E-state index in [1.165, 1.54) is 12.7 Å². The first-order chi connectivity index (χ1) is 14.0. The van der Waals surface area contributed by atoms with Crippen LogP contribution in [0.5, 0.6) is 6.01 Å². The average molecular weight is 424 g/mol. The molecule has 2 aromatic rings. The van der Waals surface area contributed by atoms with Crippen molar-refractivity contribution in [2.24, 2.45) is 5.92 Å². The Hall–Kier alpha value is -1.62. The molecule has 5 atom stereocenters. The van der Waals surface area contributed by atoms with E-state index >= 15 is 0 Å². The number of anilines is 1. The van der Waals surface area contributed by atoms with Crippen LogP contribution in [-0.2, 0) is 4.74 Å². The molecule has 29 heavy (non-hydrogen) atoms. The number of fused-ring (bicyclic) bond motifs is 1. The number of aliphatic hydroxyl groups is 2. The van der Waals surface area contributed by atoms with Gasteiger partial charge in [-0.2, -0.15) is 21.7 Å². The van der Waals surface area contributed by atoms with E-state index in [0.717, 1.165) is 19.3 Å². The van der Waals surface area contributed by atoms with Gasteiger partial charge in [-0.3, -0.25) is 4.57 Å². The Balaban J connectivity index is 1.53. The molecule has 2 aromatic heterocycles. The zero-order valence-corrected chi connectivity index (χ0v) is 17.6. The van der Waals surface area contributed by atoms with Gasteiger partial charge in [0.25, 0.3) is 0 Å². The van der Waals surface area contributed by atoms with Crippen molar-refractivity contribution in [3.05, 3.63) is 6.33 Å². The normalized spacial score (nSPS) is 28.6. The van der Waals surface area contributed by atoms with Crippen LogP contribution in [0.15, 0.2) is 6.33 Å². The Morgan fingerprint density at radius 1 is 1.34 bits per heavy atom. The molecule has 2 fully saturated rings. The molecule has 0 amide bonds. The zero-order chi connectivity index (χ0) is 20.5. The third kappa shape index (κ3) is 4.16. The Morgan fingerprint density at radius 3 is 2.83 bits per heavy atom. The summed E-state index contributed by atoms with van der Waals surface area (Å²) >= 11 is 1.72. The number of aliphatic hydroxyl groups excluding tert-OH is 2. The van der Waals surface area contributed by atoms with Crippen LogP contribution in [0.25, 0.3) is 11.2 Å². The van der Waals surface area contributed by atoms with Crippen LogP contribution < -0.4 is 10.5 Å². The molecule has 4 rings (SSSR count). The van der Waals surface area contributed by atoms with Gasteiger partial charge in [0.1, 0.15) is 12.2 Å². The molecule has 0 radical (unpaired) electrons. The van der Waals surface area contributed by atoms with Crippen molar-refractivity contribution in [2.75, 3.05) is 18.1 Å². The summed E-state index contributed by atoms with van der Waals surface area (Å²) in [5, 5.41) is 21.5. The van der Waals surface area contributed by atoms with Crippen molar-refractivity contribution in [3.63, 3.8) is 0 Å². The molecule has 2 aliphatic rings. The second-order valence-electron chi connectivity index (χ2n) is 7.92. The molecule has 10 heteroatoms. The molecule has 1 saturated heterocycles. The van der Waals surface area contributed by atoms with Gasteiger partial charge in [-0.05, 0) is 25.2 Å². The Bertz CT molecular complexity index is 845. The van der Waals surface area contributed by atoms with E-state index in [2.05, 4.69) is 28.8 Å². The molecule has 4 N–H and O–H groups in total. The molecular weight excluding hydrogens is 394 g/mol. The molecule has 1 aliphatic heterocycles. The smallest absolute Gasteiger partial charge is 0.320 e. The van der Waals surface area contributed by atoms with Gasteiger partial charge in [0.05, 0.1) is 19.0 Å². The lowest BCUT2D eigenvalue weighted by molar-refractivity contribution is -0.0289. The molecule has 9 nitrogen and oxygen atoms in total. The second kappa shape index (κ2) is 8.63. The standard InChI is InChI=1S/C19H29N5O4S/c1-3-10(2)29-8-12-14(25)15(26)18(28-12)24-9-21-13-16(20)22-19(23-17(13)24)27-7-11-5-4-6-11/h9-12,14-15,18,25-26H,3-8H2,1-2H3,(H2,20,22,23)/t10?,12-,14-,15-,18-/m1/s1. The molecule has 0 aromatic carbocycles. The molecular formula is C19H29N5O4S. The quantitative estimate of drug-likeness (QED) is 0.581. The lowest BCUT2D eigenvalue weighted by Crippen LogP contribution is -2.32. The maximum absolute atomic E-state index is 10.6. The maximum Gasteiger partial charge on any atom is 0.320 e. The Morgan fingerprint density at radius 2 is 2.14 bits per heavy atom. The number of aromatic nitrogens is 4. The average Bonchev–Trinajstić information content (AvgIpc) is 3.21. The summed E-state index contributed by atoms with van der Waals surface area (Å²) in [7, 11) is 0. The van der Waals surface area contributed by atoms with E-state index in [-0.39, 0.29) is 11.8 Å². The highest BCUT2D eigenvalue weighted by molar-refractivity contribution is 7.99. The number of ether oxygens (including phenoxy) is 2.